The molecule has 0 aliphatic rings. The summed E-state index contributed by atoms with van der Waals surface area (Å²) in [5.41, 5.74) is 4.02. The smallest absolute Gasteiger partial charge is 0.114 e. The fourth-order valence-electron chi connectivity index (χ4n) is 2.18. The van der Waals surface area contributed by atoms with Crippen LogP contribution in [0.3, 0.4) is 0 Å². The Morgan fingerprint density at radius 3 is 2.53 bits per heavy atom. The number of hydrogen-bond donors (Lipinski definition) is 1. The van der Waals surface area contributed by atoms with Crippen LogP contribution >= 0.6 is 11.3 Å². The van der Waals surface area contributed by atoms with Crippen molar-refractivity contribution < 1.29 is 0 Å². The predicted octanol–water partition coefficient (Wildman–Crippen LogP) is 3.46. The first kappa shape index (κ1) is 12.3. The van der Waals surface area contributed by atoms with Crippen molar-refractivity contribution in [3.63, 3.8) is 0 Å². The van der Waals surface area contributed by atoms with E-state index in [1.807, 2.05) is 11.6 Å². The predicted molar refractivity (Wildman–Crippen MR) is 73.5 cm³/mol. The lowest BCUT2D eigenvalue weighted by atomic mass is 9.96. The maximum atomic E-state index is 4.45. The quantitative estimate of drug-likeness (QED) is 0.893. The van der Waals surface area contributed by atoms with Gasteiger partial charge in [0.15, 0.2) is 0 Å². The number of thiazole rings is 1. The Bertz CT molecular complexity index is 457. The molecule has 90 valence electrons. The topological polar surface area (TPSA) is 24.9 Å². The summed E-state index contributed by atoms with van der Waals surface area (Å²) < 4.78 is 0. The van der Waals surface area contributed by atoms with Crippen LogP contribution in [0.4, 0.5) is 0 Å². The zero-order valence-corrected chi connectivity index (χ0v) is 11.3. The average Bonchev–Trinajstić information content (AvgIpc) is 2.80. The molecule has 0 amide bonds. The first-order valence-corrected chi connectivity index (χ1v) is 6.81. The number of hydrogen-bond acceptors (Lipinski definition) is 3. The van der Waals surface area contributed by atoms with E-state index in [-0.39, 0.29) is 6.04 Å². The van der Waals surface area contributed by atoms with Crippen LogP contribution in [0.25, 0.3) is 0 Å². The first-order chi connectivity index (χ1) is 8.24. The molecular weight excluding hydrogens is 228 g/mol. The maximum absolute atomic E-state index is 4.45. The Labute approximate surface area is 107 Å². The van der Waals surface area contributed by atoms with Crippen LogP contribution in [0.1, 0.15) is 34.7 Å². The maximum Gasteiger partial charge on any atom is 0.114 e. The molecule has 1 aromatic carbocycles. The number of nitrogens with one attached hydrogen (secondary N) is 1. The van der Waals surface area contributed by atoms with Crippen molar-refractivity contribution in [3.05, 3.63) is 51.5 Å². The molecule has 0 bridgehead atoms. The molecule has 0 fully saturated rings. The Kier molecular flexibility index (Phi) is 3.92. The molecule has 2 rings (SSSR count). The van der Waals surface area contributed by atoms with Crippen molar-refractivity contribution in [1.82, 2.24) is 10.3 Å². The van der Waals surface area contributed by atoms with Gasteiger partial charge in [-0.2, -0.15) is 0 Å². The average molecular weight is 246 g/mol. The van der Waals surface area contributed by atoms with Crippen molar-refractivity contribution in [2.75, 3.05) is 6.54 Å². The van der Waals surface area contributed by atoms with Gasteiger partial charge in [0, 0.05) is 11.6 Å². The second kappa shape index (κ2) is 5.43. The molecule has 1 N–H and O–H groups in total. The van der Waals surface area contributed by atoms with Gasteiger partial charge in [-0.1, -0.05) is 25.1 Å². The number of benzene rings is 1. The van der Waals surface area contributed by atoms with Gasteiger partial charge in [0.25, 0.3) is 0 Å². The van der Waals surface area contributed by atoms with Gasteiger partial charge >= 0.3 is 0 Å². The van der Waals surface area contributed by atoms with Crippen molar-refractivity contribution >= 4 is 11.3 Å². The normalized spacial score (nSPS) is 12.6. The molecule has 0 radical (unpaired) electrons. The largest absolute Gasteiger partial charge is 0.305 e. The summed E-state index contributed by atoms with van der Waals surface area (Å²) in [6, 6.07) is 6.67. The van der Waals surface area contributed by atoms with Gasteiger partial charge in [0.05, 0.1) is 6.04 Å². The van der Waals surface area contributed by atoms with E-state index < -0.39 is 0 Å². The lowest BCUT2D eigenvalue weighted by Crippen LogP contribution is -2.23. The van der Waals surface area contributed by atoms with Crippen LogP contribution in [-0.2, 0) is 0 Å². The minimum absolute atomic E-state index is 0.223. The zero-order valence-electron chi connectivity index (χ0n) is 10.5. The highest BCUT2D eigenvalue weighted by molar-refractivity contribution is 7.09. The second-order valence-corrected chi connectivity index (χ2v) is 5.09. The summed E-state index contributed by atoms with van der Waals surface area (Å²) in [4.78, 5) is 4.45. The van der Waals surface area contributed by atoms with Crippen LogP contribution in [0.2, 0.25) is 0 Å². The third-order valence-corrected chi connectivity index (χ3v) is 3.78. The number of aryl methyl sites for hydroxylation is 2. The minimum atomic E-state index is 0.223. The number of aromatic nitrogens is 1. The van der Waals surface area contributed by atoms with Gasteiger partial charge in [0.2, 0.25) is 0 Å². The van der Waals surface area contributed by atoms with Gasteiger partial charge < -0.3 is 5.32 Å². The van der Waals surface area contributed by atoms with Crippen LogP contribution in [0, 0.1) is 13.8 Å². The monoisotopic (exact) mass is 246 g/mol. The zero-order chi connectivity index (χ0) is 12.3. The molecule has 0 saturated heterocycles. The third-order valence-electron chi connectivity index (χ3n) is 2.94. The van der Waals surface area contributed by atoms with E-state index in [1.165, 1.54) is 16.7 Å². The highest BCUT2D eigenvalue weighted by Gasteiger charge is 2.18. The molecular formula is C14H18N2S. The fraction of sp³-hybridized carbons (Fsp3) is 0.357. The summed E-state index contributed by atoms with van der Waals surface area (Å²) >= 11 is 1.71. The van der Waals surface area contributed by atoms with Crippen molar-refractivity contribution in [2.45, 2.75) is 26.8 Å². The van der Waals surface area contributed by atoms with E-state index in [2.05, 4.69) is 49.3 Å². The van der Waals surface area contributed by atoms with E-state index in [9.17, 15) is 0 Å². The van der Waals surface area contributed by atoms with Gasteiger partial charge in [-0.15, -0.1) is 11.3 Å². The Morgan fingerprint density at radius 1 is 1.29 bits per heavy atom. The molecule has 1 unspecified atom stereocenters. The van der Waals surface area contributed by atoms with E-state index in [0.717, 1.165) is 11.6 Å². The number of nitrogens with zero attached hydrogens (tertiary/aromatic N) is 1. The highest BCUT2D eigenvalue weighted by atomic mass is 32.1. The SMILES string of the molecule is CCNC(c1nccs1)c1c(C)cccc1C. The molecule has 2 aromatic rings. The fourth-order valence-corrected chi connectivity index (χ4v) is 2.90. The van der Waals surface area contributed by atoms with Crippen LogP contribution in [-0.4, -0.2) is 11.5 Å². The summed E-state index contributed by atoms with van der Waals surface area (Å²) in [6.45, 7) is 7.41. The standard InChI is InChI=1S/C14H18N2S/c1-4-15-13(14-16-8-9-17-14)12-10(2)6-5-7-11(12)3/h5-9,13,15H,4H2,1-3H3. The number of rotatable bonds is 4. The molecule has 1 atom stereocenters. The van der Waals surface area contributed by atoms with E-state index in [4.69, 9.17) is 0 Å². The third kappa shape index (κ3) is 2.56. The van der Waals surface area contributed by atoms with E-state index >= 15 is 0 Å². The lowest BCUT2D eigenvalue weighted by Gasteiger charge is -2.20. The molecule has 0 aliphatic heterocycles. The molecule has 1 aromatic heterocycles. The molecule has 0 spiro atoms. The molecule has 0 aliphatic carbocycles. The summed E-state index contributed by atoms with van der Waals surface area (Å²) in [5, 5.41) is 6.71. The summed E-state index contributed by atoms with van der Waals surface area (Å²) in [7, 11) is 0. The molecule has 2 nitrogen and oxygen atoms in total. The minimum Gasteiger partial charge on any atom is -0.305 e. The van der Waals surface area contributed by atoms with Crippen LogP contribution in [0.15, 0.2) is 29.8 Å². The van der Waals surface area contributed by atoms with E-state index in [1.54, 1.807) is 11.3 Å². The second-order valence-electron chi connectivity index (χ2n) is 4.17. The lowest BCUT2D eigenvalue weighted by molar-refractivity contribution is 0.621. The van der Waals surface area contributed by atoms with Gasteiger partial charge in [-0.3, -0.25) is 0 Å². The molecule has 1 heterocycles. The highest BCUT2D eigenvalue weighted by Crippen LogP contribution is 2.28. The van der Waals surface area contributed by atoms with Crippen molar-refractivity contribution in [1.29, 1.82) is 0 Å². The van der Waals surface area contributed by atoms with Gasteiger partial charge in [-0.25, -0.2) is 4.98 Å². The van der Waals surface area contributed by atoms with Gasteiger partial charge in [-0.05, 0) is 37.1 Å². The molecule has 0 saturated carbocycles. The Morgan fingerprint density at radius 2 is 2.00 bits per heavy atom. The van der Waals surface area contributed by atoms with Crippen LogP contribution in [0.5, 0.6) is 0 Å². The van der Waals surface area contributed by atoms with Crippen molar-refractivity contribution in [2.24, 2.45) is 0 Å². The molecule has 3 heteroatoms. The Hall–Kier alpha value is -1.19. The molecule has 17 heavy (non-hydrogen) atoms. The first-order valence-electron chi connectivity index (χ1n) is 5.93. The summed E-state index contributed by atoms with van der Waals surface area (Å²) in [6.07, 6.45) is 1.87. The van der Waals surface area contributed by atoms with E-state index in [0.29, 0.717) is 0 Å². The van der Waals surface area contributed by atoms with Crippen LogP contribution < -0.4 is 5.32 Å². The Balaban J connectivity index is 2.46. The van der Waals surface area contributed by atoms with Crippen molar-refractivity contribution in [3.8, 4) is 0 Å². The summed E-state index contributed by atoms with van der Waals surface area (Å²) in [5.74, 6) is 0. The van der Waals surface area contributed by atoms with Gasteiger partial charge in [0.1, 0.15) is 5.01 Å².